The van der Waals surface area contributed by atoms with Crippen molar-refractivity contribution in [1.82, 2.24) is 4.90 Å². The predicted octanol–water partition coefficient (Wildman–Crippen LogP) is 4.61. The van der Waals surface area contributed by atoms with Crippen molar-refractivity contribution < 1.29 is 19.1 Å². The third kappa shape index (κ3) is 5.95. The topological polar surface area (TPSA) is 88.1 Å². The lowest BCUT2D eigenvalue weighted by molar-refractivity contribution is -0.129. The van der Waals surface area contributed by atoms with Gasteiger partial charge in [0.25, 0.3) is 0 Å². The summed E-state index contributed by atoms with van der Waals surface area (Å²) in [7, 11) is 0. The van der Waals surface area contributed by atoms with E-state index in [4.69, 9.17) is 4.74 Å². The molecule has 1 aliphatic rings. The fourth-order valence-electron chi connectivity index (χ4n) is 2.94. The van der Waals surface area contributed by atoms with E-state index in [1.165, 1.54) is 11.8 Å². The Hall–Kier alpha value is -2.65. The number of amidine groups is 1. The first-order valence-corrected chi connectivity index (χ1v) is 11.5. The van der Waals surface area contributed by atoms with E-state index in [0.29, 0.717) is 35.3 Å². The minimum atomic E-state index is -0.591. The van der Waals surface area contributed by atoms with Crippen LogP contribution in [0.2, 0.25) is 0 Å². The largest absolute Gasteiger partial charge is 0.462 e. The summed E-state index contributed by atoms with van der Waals surface area (Å²) in [5.41, 5.74) is 1.66. The molecule has 31 heavy (non-hydrogen) atoms. The number of nitrogens with zero attached hydrogens (tertiary/aromatic N) is 2. The molecule has 2 aromatic carbocycles. The number of rotatable bonds is 6. The van der Waals surface area contributed by atoms with Crippen LogP contribution in [-0.2, 0) is 14.3 Å². The average molecular weight is 504 g/mol. The van der Waals surface area contributed by atoms with Gasteiger partial charge < -0.3 is 10.1 Å². The number of hydrogen-bond acceptors (Lipinski definition) is 6. The van der Waals surface area contributed by atoms with E-state index in [1.54, 1.807) is 48.2 Å². The number of halogens is 1. The highest BCUT2D eigenvalue weighted by Gasteiger charge is 2.35. The van der Waals surface area contributed by atoms with E-state index in [0.717, 1.165) is 4.47 Å². The number of hydrogen-bond donors (Lipinski definition) is 1. The third-order valence-electron chi connectivity index (χ3n) is 4.44. The molecular weight excluding hydrogens is 482 g/mol. The third-order valence-corrected chi connectivity index (χ3v) is 6.12. The quantitative estimate of drug-likeness (QED) is 0.581. The number of nitrogens with one attached hydrogen (secondary N) is 1. The molecule has 0 bridgehead atoms. The Morgan fingerprint density at radius 1 is 1.23 bits per heavy atom. The van der Waals surface area contributed by atoms with Gasteiger partial charge in [0.1, 0.15) is 5.25 Å². The van der Waals surface area contributed by atoms with E-state index in [2.05, 4.69) is 26.2 Å². The maximum absolute atomic E-state index is 12.8. The standard InChI is InChI=1S/C22H22BrN3O4S/c1-3-26-19(27)13-18(20(28)24-17-7-5-6-15(23)12-17)31-22(26)25-16-10-8-14(9-11-16)21(29)30-4-2/h5-12,18H,3-4,13H2,1-2H3,(H,24,28). The van der Waals surface area contributed by atoms with E-state index in [9.17, 15) is 14.4 Å². The first-order chi connectivity index (χ1) is 14.9. The number of benzene rings is 2. The van der Waals surface area contributed by atoms with Crippen LogP contribution in [-0.4, -0.2) is 46.3 Å². The minimum Gasteiger partial charge on any atom is -0.462 e. The molecule has 0 aliphatic carbocycles. The van der Waals surface area contributed by atoms with Crippen molar-refractivity contribution in [2.75, 3.05) is 18.5 Å². The molecule has 0 saturated carbocycles. The summed E-state index contributed by atoms with van der Waals surface area (Å²) in [6.45, 7) is 4.36. The van der Waals surface area contributed by atoms with Gasteiger partial charge in [-0.3, -0.25) is 14.5 Å². The van der Waals surface area contributed by atoms with Crippen LogP contribution in [0.4, 0.5) is 11.4 Å². The lowest BCUT2D eigenvalue weighted by Gasteiger charge is -2.30. The Morgan fingerprint density at radius 3 is 2.61 bits per heavy atom. The highest BCUT2D eigenvalue weighted by Crippen LogP contribution is 2.30. The van der Waals surface area contributed by atoms with Crippen LogP contribution in [0, 0.1) is 0 Å². The fraction of sp³-hybridized carbons (Fsp3) is 0.273. The van der Waals surface area contributed by atoms with E-state index < -0.39 is 11.2 Å². The molecule has 1 aliphatic heterocycles. The molecule has 2 aromatic rings. The molecule has 1 saturated heterocycles. The molecule has 7 nitrogen and oxygen atoms in total. The molecule has 2 amide bonds. The summed E-state index contributed by atoms with van der Waals surface area (Å²) in [4.78, 5) is 43.4. The van der Waals surface area contributed by atoms with Crippen molar-refractivity contribution in [1.29, 1.82) is 0 Å². The SMILES string of the molecule is CCOC(=O)c1ccc(N=C2SC(C(=O)Nc3cccc(Br)c3)CC(=O)N2CC)cc1. The van der Waals surface area contributed by atoms with Gasteiger partial charge >= 0.3 is 5.97 Å². The van der Waals surface area contributed by atoms with Gasteiger partial charge in [-0.1, -0.05) is 33.8 Å². The van der Waals surface area contributed by atoms with Crippen LogP contribution >= 0.6 is 27.7 Å². The van der Waals surface area contributed by atoms with E-state index >= 15 is 0 Å². The summed E-state index contributed by atoms with van der Waals surface area (Å²) in [5.74, 6) is -0.807. The molecule has 1 heterocycles. The van der Waals surface area contributed by atoms with Crippen LogP contribution in [0.25, 0.3) is 0 Å². The van der Waals surface area contributed by atoms with Crippen LogP contribution in [0.1, 0.15) is 30.6 Å². The summed E-state index contributed by atoms with van der Waals surface area (Å²) >= 11 is 4.63. The van der Waals surface area contributed by atoms with Crippen molar-refractivity contribution in [2.45, 2.75) is 25.5 Å². The molecule has 1 fully saturated rings. The molecule has 0 spiro atoms. The van der Waals surface area contributed by atoms with Gasteiger partial charge in [-0.25, -0.2) is 9.79 Å². The Morgan fingerprint density at radius 2 is 1.97 bits per heavy atom. The fourth-order valence-corrected chi connectivity index (χ4v) is 4.50. The van der Waals surface area contributed by atoms with Crippen molar-refractivity contribution in [3.05, 3.63) is 58.6 Å². The molecule has 1 N–H and O–H groups in total. The number of carbonyl (C=O) groups excluding carboxylic acids is 3. The van der Waals surface area contributed by atoms with Gasteiger partial charge in [-0.2, -0.15) is 0 Å². The van der Waals surface area contributed by atoms with Gasteiger partial charge in [0, 0.05) is 23.1 Å². The minimum absolute atomic E-state index is 0.0964. The van der Waals surface area contributed by atoms with Gasteiger partial charge in [-0.15, -0.1) is 0 Å². The second kappa shape index (κ2) is 10.6. The van der Waals surface area contributed by atoms with Gasteiger partial charge in [0.2, 0.25) is 11.8 Å². The maximum atomic E-state index is 12.8. The molecule has 162 valence electrons. The van der Waals surface area contributed by atoms with Crippen LogP contribution in [0.3, 0.4) is 0 Å². The zero-order valence-electron chi connectivity index (χ0n) is 17.1. The highest BCUT2D eigenvalue weighted by atomic mass is 79.9. The molecule has 3 rings (SSSR count). The molecule has 1 atom stereocenters. The number of esters is 1. The summed E-state index contributed by atoms with van der Waals surface area (Å²) in [6.07, 6.45) is 0.0964. The van der Waals surface area contributed by atoms with Crippen molar-refractivity contribution in [2.24, 2.45) is 4.99 Å². The smallest absolute Gasteiger partial charge is 0.338 e. The number of ether oxygens (including phenoxy) is 1. The van der Waals surface area contributed by atoms with Gasteiger partial charge in [0.05, 0.1) is 17.9 Å². The van der Waals surface area contributed by atoms with E-state index in [1.807, 2.05) is 19.1 Å². The monoisotopic (exact) mass is 503 g/mol. The van der Waals surface area contributed by atoms with Crippen molar-refractivity contribution in [3.8, 4) is 0 Å². The Balaban J connectivity index is 1.78. The normalized spacial score (nSPS) is 17.5. The van der Waals surface area contributed by atoms with Crippen LogP contribution in [0.5, 0.6) is 0 Å². The Labute approximate surface area is 193 Å². The Bertz CT molecular complexity index is 1010. The highest BCUT2D eigenvalue weighted by molar-refractivity contribution is 9.10. The van der Waals surface area contributed by atoms with Crippen LogP contribution in [0.15, 0.2) is 58.0 Å². The number of amides is 2. The molecule has 0 radical (unpaired) electrons. The second-order valence-corrected chi connectivity index (χ2v) is 8.70. The van der Waals surface area contributed by atoms with Crippen molar-refractivity contribution in [3.63, 3.8) is 0 Å². The summed E-state index contributed by atoms with van der Waals surface area (Å²) < 4.78 is 5.83. The first kappa shape index (κ1) is 23.0. The number of aliphatic imine (C=N–C) groups is 1. The summed E-state index contributed by atoms with van der Waals surface area (Å²) in [6, 6.07) is 13.9. The number of thioether (sulfide) groups is 1. The lowest BCUT2D eigenvalue weighted by atomic mass is 10.2. The number of anilines is 1. The van der Waals surface area contributed by atoms with E-state index in [-0.39, 0.29) is 18.2 Å². The molecule has 9 heteroatoms. The van der Waals surface area contributed by atoms with Crippen molar-refractivity contribution >= 4 is 62.0 Å². The second-order valence-electron chi connectivity index (χ2n) is 6.61. The average Bonchev–Trinajstić information content (AvgIpc) is 2.74. The van der Waals surface area contributed by atoms with Gasteiger partial charge in [-0.05, 0) is 56.3 Å². The maximum Gasteiger partial charge on any atom is 0.338 e. The molecular formula is C22H22BrN3O4S. The number of carbonyl (C=O) groups is 3. The van der Waals surface area contributed by atoms with Crippen LogP contribution < -0.4 is 5.32 Å². The zero-order valence-corrected chi connectivity index (χ0v) is 19.5. The predicted molar refractivity (Wildman–Crippen MR) is 126 cm³/mol. The van der Waals surface area contributed by atoms with Gasteiger partial charge in [0.15, 0.2) is 5.17 Å². The summed E-state index contributed by atoms with van der Waals surface area (Å²) in [5, 5.41) is 2.72. The molecule has 1 unspecified atom stereocenters. The lowest BCUT2D eigenvalue weighted by Crippen LogP contribution is -2.45. The first-order valence-electron chi connectivity index (χ1n) is 9.80. The molecule has 0 aromatic heterocycles. The Kier molecular flexibility index (Phi) is 7.86. The zero-order chi connectivity index (χ0) is 22.4.